The molecule has 0 radical (unpaired) electrons. The molecule has 0 aromatic rings. The van der Waals surface area contributed by atoms with Gasteiger partial charge in [-0.3, -0.25) is 0 Å². The lowest BCUT2D eigenvalue weighted by atomic mass is 9.97. The zero-order chi connectivity index (χ0) is 9.78. The summed E-state index contributed by atoms with van der Waals surface area (Å²) >= 11 is 0. The highest BCUT2D eigenvalue weighted by Crippen LogP contribution is 2.16. The Morgan fingerprint density at radius 1 is 1.00 bits per heavy atom. The summed E-state index contributed by atoms with van der Waals surface area (Å²) in [5, 5.41) is 0. The molecule has 74 valence electrons. The van der Waals surface area contributed by atoms with Gasteiger partial charge in [-0.25, -0.2) is 0 Å². The van der Waals surface area contributed by atoms with Gasteiger partial charge in [0.05, 0.1) is 0 Å². The third-order valence-corrected chi connectivity index (χ3v) is 2.60. The van der Waals surface area contributed by atoms with Crippen molar-refractivity contribution in [1.82, 2.24) is 9.80 Å². The molecule has 0 atom stereocenters. The van der Waals surface area contributed by atoms with E-state index in [1.165, 1.54) is 19.4 Å². The van der Waals surface area contributed by atoms with Gasteiger partial charge in [0, 0.05) is 5.54 Å². The van der Waals surface area contributed by atoms with Gasteiger partial charge in [0.15, 0.2) is 0 Å². The first-order valence-corrected chi connectivity index (χ1v) is 4.68. The standard InChI is InChI=1S/C10H24N2/c1-10(2,12(5)6)8-7-9-11(3)4/h7-9H2,1-6H3. The molecule has 0 rings (SSSR count). The van der Waals surface area contributed by atoms with Gasteiger partial charge in [0.2, 0.25) is 0 Å². The Bertz CT molecular complexity index is 117. The smallest absolute Gasteiger partial charge is 0.0147 e. The van der Waals surface area contributed by atoms with Crippen molar-refractivity contribution in [3.63, 3.8) is 0 Å². The van der Waals surface area contributed by atoms with Crippen molar-refractivity contribution in [1.29, 1.82) is 0 Å². The maximum absolute atomic E-state index is 2.29. The fraction of sp³-hybridized carbons (Fsp3) is 1.00. The highest BCUT2D eigenvalue weighted by atomic mass is 15.1. The van der Waals surface area contributed by atoms with Gasteiger partial charge in [-0.2, -0.15) is 0 Å². The van der Waals surface area contributed by atoms with E-state index in [2.05, 4.69) is 51.8 Å². The molecule has 0 aromatic carbocycles. The molecule has 0 spiro atoms. The molecule has 2 nitrogen and oxygen atoms in total. The van der Waals surface area contributed by atoms with Crippen molar-refractivity contribution in [2.75, 3.05) is 34.7 Å². The van der Waals surface area contributed by atoms with E-state index < -0.39 is 0 Å². The zero-order valence-corrected chi connectivity index (χ0v) is 9.52. The lowest BCUT2D eigenvalue weighted by Gasteiger charge is -2.33. The first-order chi connectivity index (χ1) is 5.36. The van der Waals surface area contributed by atoms with Crippen LogP contribution in [-0.2, 0) is 0 Å². The Morgan fingerprint density at radius 3 is 1.83 bits per heavy atom. The van der Waals surface area contributed by atoms with Crippen LogP contribution in [0.15, 0.2) is 0 Å². The van der Waals surface area contributed by atoms with E-state index in [1.54, 1.807) is 0 Å². The molecule has 0 fully saturated rings. The molecule has 0 aliphatic rings. The quantitative estimate of drug-likeness (QED) is 0.622. The molecule has 0 aliphatic carbocycles. The summed E-state index contributed by atoms with van der Waals surface area (Å²) in [5.74, 6) is 0. The molecule has 0 heterocycles. The minimum atomic E-state index is 0.343. The summed E-state index contributed by atoms with van der Waals surface area (Å²) in [4.78, 5) is 4.54. The maximum Gasteiger partial charge on any atom is 0.0147 e. The molecule has 0 amide bonds. The van der Waals surface area contributed by atoms with Gasteiger partial charge in [-0.05, 0) is 61.4 Å². The van der Waals surface area contributed by atoms with Crippen LogP contribution in [0.5, 0.6) is 0 Å². The van der Waals surface area contributed by atoms with E-state index >= 15 is 0 Å². The predicted octanol–water partition coefficient (Wildman–Crippen LogP) is 1.67. The van der Waals surface area contributed by atoms with Crippen LogP contribution in [0, 0.1) is 0 Å². The van der Waals surface area contributed by atoms with Crippen molar-refractivity contribution >= 4 is 0 Å². The molecular formula is C10H24N2. The summed E-state index contributed by atoms with van der Waals surface area (Å²) < 4.78 is 0. The number of hydrogen-bond donors (Lipinski definition) is 0. The highest BCUT2D eigenvalue weighted by Gasteiger charge is 2.19. The second-order valence-electron chi connectivity index (χ2n) is 4.61. The summed E-state index contributed by atoms with van der Waals surface area (Å²) in [6.45, 7) is 5.78. The van der Waals surface area contributed by atoms with E-state index in [-0.39, 0.29) is 0 Å². The summed E-state index contributed by atoms with van der Waals surface area (Å²) in [5.41, 5.74) is 0.343. The third-order valence-electron chi connectivity index (χ3n) is 2.60. The normalized spacial score (nSPS) is 13.0. The van der Waals surface area contributed by atoms with Gasteiger partial charge in [-0.1, -0.05) is 0 Å². The molecule has 0 bridgehead atoms. The maximum atomic E-state index is 2.29. The van der Waals surface area contributed by atoms with E-state index in [1.807, 2.05) is 0 Å². The van der Waals surface area contributed by atoms with Gasteiger partial charge >= 0.3 is 0 Å². The molecular weight excluding hydrogens is 148 g/mol. The monoisotopic (exact) mass is 172 g/mol. The van der Waals surface area contributed by atoms with Crippen LogP contribution in [0.2, 0.25) is 0 Å². The van der Waals surface area contributed by atoms with Crippen molar-refractivity contribution in [2.45, 2.75) is 32.2 Å². The molecule has 0 saturated carbocycles. The van der Waals surface area contributed by atoms with Crippen molar-refractivity contribution in [2.24, 2.45) is 0 Å². The van der Waals surface area contributed by atoms with Crippen molar-refractivity contribution < 1.29 is 0 Å². The van der Waals surface area contributed by atoms with Gasteiger partial charge in [0.25, 0.3) is 0 Å². The number of rotatable bonds is 5. The Kier molecular flexibility index (Phi) is 4.80. The van der Waals surface area contributed by atoms with Gasteiger partial charge in [0.1, 0.15) is 0 Å². The topological polar surface area (TPSA) is 6.48 Å². The van der Waals surface area contributed by atoms with Gasteiger partial charge < -0.3 is 9.80 Å². The molecule has 12 heavy (non-hydrogen) atoms. The molecule has 2 heteroatoms. The molecule has 0 aliphatic heterocycles. The van der Waals surface area contributed by atoms with Crippen LogP contribution in [0.25, 0.3) is 0 Å². The highest BCUT2D eigenvalue weighted by molar-refractivity contribution is 4.76. The van der Waals surface area contributed by atoms with Crippen LogP contribution >= 0.6 is 0 Å². The molecule has 0 unspecified atom stereocenters. The van der Waals surface area contributed by atoms with E-state index in [9.17, 15) is 0 Å². The van der Waals surface area contributed by atoms with E-state index in [0.717, 1.165) is 0 Å². The Hall–Kier alpha value is -0.0800. The van der Waals surface area contributed by atoms with Crippen molar-refractivity contribution in [3.8, 4) is 0 Å². The second kappa shape index (κ2) is 4.83. The zero-order valence-electron chi connectivity index (χ0n) is 9.52. The fourth-order valence-corrected chi connectivity index (χ4v) is 1.05. The molecule has 0 N–H and O–H groups in total. The van der Waals surface area contributed by atoms with E-state index in [0.29, 0.717) is 5.54 Å². The summed E-state index contributed by atoms with van der Waals surface area (Å²) in [7, 11) is 8.55. The Balaban J connectivity index is 3.61. The van der Waals surface area contributed by atoms with Crippen LogP contribution < -0.4 is 0 Å². The first-order valence-electron chi connectivity index (χ1n) is 4.68. The third kappa shape index (κ3) is 4.73. The Labute approximate surface area is 77.5 Å². The minimum absolute atomic E-state index is 0.343. The molecule has 0 saturated heterocycles. The lowest BCUT2D eigenvalue weighted by molar-refractivity contribution is 0.173. The first kappa shape index (κ1) is 11.9. The van der Waals surface area contributed by atoms with E-state index in [4.69, 9.17) is 0 Å². The predicted molar refractivity (Wildman–Crippen MR) is 55.6 cm³/mol. The van der Waals surface area contributed by atoms with Gasteiger partial charge in [-0.15, -0.1) is 0 Å². The number of hydrogen-bond acceptors (Lipinski definition) is 2. The summed E-state index contributed by atoms with van der Waals surface area (Å²) in [6, 6.07) is 0. The largest absolute Gasteiger partial charge is 0.309 e. The summed E-state index contributed by atoms with van der Waals surface area (Å²) in [6.07, 6.45) is 2.54. The van der Waals surface area contributed by atoms with Crippen LogP contribution in [0.4, 0.5) is 0 Å². The minimum Gasteiger partial charge on any atom is -0.309 e. The van der Waals surface area contributed by atoms with Crippen molar-refractivity contribution in [3.05, 3.63) is 0 Å². The molecule has 0 aromatic heterocycles. The van der Waals surface area contributed by atoms with Crippen LogP contribution in [0.1, 0.15) is 26.7 Å². The average molecular weight is 172 g/mol. The van der Waals surface area contributed by atoms with Crippen LogP contribution in [-0.4, -0.2) is 50.1 Å². The van der Waals surface area contributed by atoms with Crippen LogP contribution in [0.3, 0.4) is 0 Å². The second-order valence-corrected chi connectivity index (χ2v) is 4.61. The lowest BCUT2D eigenvalue weighted by Crippen LogP contribution is -2.38. The Morgan fingerprint density at radius 2 is 1.50 bits per heavy atom. The fourth-order valence-electron chi connectivity index (χ4n) is 1.05. The SMILES string of the molecule is CN(C)CCCC(C)(C)N(C)C. The average Bonchev–Trinajstić information content (AvgIpc) is 1.85. The number of nitrogens with zero attached hydrogens (tertiary/aromatic N) is 2.